The molecule has 0 spiro atoms. The van der Waals surface area contributed by atoms with Crippen LogP contribution in [0.25, 0.3) is 0 Å². The van der Waals surface area contributed by atoms with Crippen molar-refractivity contribution in [2.45, 2.75) is 11.3 Å². The molecule has 2 aromatic rings. The van der Waals surface area contributed by atoms with Crippen LogP contribution in [0.5, 0.6) is 0 Å². The molecule has 3 rings (SSSR count). The average molecular weight is 350 g/mol. The molecule has 23 heavy (non-hydrogen) atoms. The Morgan fingerprint density at radius 1 is 1.43 bits per heavy atom. The summed E-state index contributed by atoms with van der Waals surface area (Å²) < 4.78 is 0. The molecule has 6 nitrogen and oxygen atoms in total. The van der Waals surface area contributed by atoms with E-state index in [1.165, 1.54) is 6.07 Å². The predicted octanol–water partition coefficient (Wildman–Crippen LogP) is 3.32. The van der Waals surface area contributed by atoms with Crippen molar-refractivity contribution in [2.75, 3.05) is 17.2 Å². The number of rotatable bonds is 4. The summed E-state index contributed by atoms with van der Waals surface area (Å²) in [5.74, 6) is 0.0498. The molecule has 1 amide bonds. The average Bonchev–Trinajstić information content (AvgIpc) is 2.97. The number of thioether (sulfide) groups is 1. The molecule has 0 radical (unpaired) electrons. The first kappa shape index (κ1) is 15.8. The predicted molar refractivity (Wildman–Crippen MR) is 89.1 cm³/mol. The Morgan fingerprint density at radius 3 is 3.04 bits per heavy atom. The molecule has 0 fully saturated rings. The zero-order chi connectivity index (χ0) is 16.4. The van der Waals surface area contributed by atoms with Gasteiger partial charge in [-0.3, -0.25) is 19.9 Å². The fourth-order valence-electron chi connectivity index (χ4n) is 2.46. The first-order valence-electron chi connectivity index (χ1n) is 6.86. The van der Waals surface area contributed by atoms with Gasteiger partial charge in [-0.1, -0.05) is 11.6 Å². The highest BCUT2D eigenvalue weighted by Gasteiger charge is 2.25. The van der Waals surface area contributed by atoms with Crippen molar-refractivity contribution in [1.82, 2.24) is 4.98 Å². The van der Waals surface area contributed by atoms with Crippen LogP contribution >= 0.6 is 23.4 Å². The van der Waals surface area contributed by atoms with Gasteiger partial charge in [-0.25, -0.2) is 0 Å². The van der Waals surface area contributed by atoms with E-state index >= 15 is 0 Å². The molecule has 0 N–H and O–H groups in total. The number of nitro benzene ring substituents is 1. The molecule has 0 saturated heterocycles. The van der Waals surface area contributed by atoms with Gasteiger partial charge in [0.25, 0.3) is 5.69 Å². The number of pyridine rings is 1. The van der Waals surface area contributed by atoms with E-state index in [0.29, 0.717) is 16.5 Å². The SMILES string of the molecule is O=C(CSc1ccc(Cl)cc1[N+](=O)[O-])N1CCc2cnccc21. The van der Waals surface area contributed by atoms with Gasteiger partial charge in [0.05, 0.1) is 15.6 Å². The normalized spacial score (nSPS) is 13.0. The first-order valence-corrected chi connectivity index (χ1v) is 8.22. The van der Waals surface area contributed by atoms with Gasteiger partial charge < -0.3 is 4.90 Å². The summed E-state index contributed by atoms with van der Waals surface area (Å²) in [4.78, 5) is 29.2. The van der Waals surface area contributed by atoms with Gasteiger partial charge in [-0.15, -0.1) is 11.8 Å². The standard InChI is InChI=1S/C15H12ClN3O3S/c16-11-1-2-14(13(7-11)19(21)22)23-9-15(20)18-6-4-10-8-17-5-3-12(10)18/h1-3,5,7-8H,4,6,9H2. The minimum atomic E-state index is -0.491. The molecular formula is C15H12ClN3O3S. The second kappa shape index (κ2) is 6.55. The van der Waals surface area contributed by atoms with Crippen LogP contribution in [-0.2, 0) is 11.2 Å². The van der Waals surface area contributed by atoms with E-state index in [0.717, 1.165) is 29.4 Å². The lowest BCUT2D eigenvalue weighted by atomic mass is 10.2. The highest BCUT2D eigenvalue weighted by Crippen LogP contribution is 2.33. The number of carbonyl (C=O) groups is 1. The van der Waals surface area contributed by atoms with E-state index in [-0.39, 0.29) is 17.3 Å². The second-order valence-corrected chi connectivity index (χ2v) is 6.41. The summed E-state index contributed by atoms with van der Waals surface area (Å²) in [6.07, 6.45) is 4.20. The zero-order valence-electron chi connectivity index (χ0n) is 11.9. The summed E-state index contributed by atoms with van der Waals surface area (Å²) in [5.41, 5.74) is 1.83. The maximum absolute atomic E-state index is 12.4. The van der Waals surface area contributed by atoms with E-state index in [1.807, 2.05) is 6.07 Å². The summed E-state index contributed by atoms with van der Waals surface area (Å²) in [7, 11) is 0. The zero-order valence-corrected chi connectivity index (χ0v) is 13.5. The summed E-state index contributed by atoms with van der Waals surface area (Å²) in [6, 6.07) is 6.26. The fourth-order valence-corrected chi connectivity index (χ4v) is 3.51. The Balaban J connectivity index is 1.72. The molecule has 0 bridgehead atoms. The molecule has 118 valence electrons. The number of carbonyl (C=O) groups excluding carboxylic acids is 1. The van der Waals surface area contributed by atoms with Crippen molar-refractivity contribution in [3.8, 4) is 0 Å². The van der Waals surface area contributed by atoms with Crippen LogP contribution in [0.1, 0.15) is 5.56 Å². The molecule has 0 saturated carbocycles. The molecule has 1 aromatic carbocycles. The van der Waals surface area contributed by atoms with Crippen molar-refractivity contribution >= 4 is 40.6 Å². The lowest BCUT2D eigenvalue weighted by Gasteiger charge is -2.16. The van der Waals surface area contributed by atoms with E-state index in [9.17, 15) is 14.9 Å². The number of amides is 1. The van der Waals surface area contributed by atoms with Crippen LogP contribution in [0.2, 0.25) is 5.02 Å². The lowest BCUT2D eigenvalue weighted by Crippen LogP contribution is -2.30. The largest absolute Gasteiger partial charge is 0.311 e. The third kappa shape index (κ3) is 3.30. The van der Waals surface area contributed by atoms with Crippen LogP contribution < -0.4 is 4.90 Å². The van der Waals surface area contributed by atoms with Gasteiger partial charge in [0, 0.05) is 35.7 Å². The van der Waals surface area contributed by atoms with Gasteiger partial charge in [-0.05, 0) is 30.2 Å². The summed E-state index contributed by atoms with van der Waals surface area (Å²) in [6.45, 7) is 0.614. The minimum Gasteiger partial charge on any atom is -0.311 e. The summed E-state index contributed by atoms with van der Waals surface area (Å²) >= 11 is 6.94. The topological polar surface area (TPSA) is 76.3 Å². The van der Waals surface area contributed by atoms with Crippen molar-refractivity contribution < 1.29 is 9.72 Å². The molecule has 8 heteroatoms. The second-order valence-electron chi connectivity index (χ2n) is 4.96. The van der Waals surface area contributed by atoms with Crippen LogP contribution in [0.3, 0.4) is 0 Å². The number of benzene rings is 1. The van der Waals surface area contributed by atoms with Crippen LogP contribution in [-0.4, -0.2) is 28.1 Å². The van der Waals surface area contributed by atoms with Crippen LogP contribution in [0.4, 0.5) is 11.4 Å². The molecular weight excluding hydrogens is 338 g/mol. The Kier molecular flexibility index (Phi) is 4.49. The van der Waals surface area contributed by atoms with Crippen molar-refractivity contribution in [1.29, 1.82) is 0 Å². The third-order valence-corrected chi connectivity index (χ3v) is 4.83. The smallest absolute Gasteiger partial charge is 0.284 e. The number of nitrogens with zero attached hydrogens (tertiary/aromatic N) is 3. The minimum absolute atomic E-state index is 0.0794. The number of hydrogen-bond donors (Lipinski definition) is 0. The van der Waals surface area contributed by atoms with Gasteiger partial charge >= 0.3 is 0 Å². The maximum Gasteiger partial charge on any atom is 0.284 e. The molecule has 0 aliphatic carbocycles. The lowest BCUT2D eigenvalue weighted by molar-refractivity contribution is -0.387. The molecule has 2 heterocycles. The van der Waals surface area contributed by atoms with Gasteiger partial charge in [-0.2, -0.15) is 0 Å². The van der Waals surface area contributed by atoms with Crippen molar-refractivity contribution in [2.24, 2.45) is 0 Å². The first-order chi connectivity index (χ1) is 11.1. The Labute approximate surface area is 141 Å². The van der Waals surface area contributed by atoms with Gasteiger partial charge in [0.1, 0.15) is 0 Å². The molecule has 0 unspecified atom stereocenters. The highest BCUT2D eigenvalue weighted by atomic mass is 35.5. The number of fused-ring (bicyclic) bond motifs is 1. The molecule has 1 aromatic heterocycles. The third-order valence-electron chi connectivity index (χ3n) is 3.54. The molecule has 1 aliphatic heterocycles. The monoisotopic (exact) mass is 349 g/mol. The van der Waals surface area contributed by atoms with E-state index in [1.54, 1.807) is 29.4 Å². The maximum atomic E-state index is 12.4. The van der Waals surface area contributed by atoms with Crippen molar-refractivity contribution in [3.05, 3.63) is 57.4 Å². The Bertz CT molecular complexity index is 784. The number of aromatic nitrogens is 1. The van der Waals surface area contributed by atoms with Crippen LogP contribution in [0, 0.1) is 10.1 Å². The van der Waals surface area contributed by atoms with Crippen molar-refractivity contribution in [3.63, 3.8) is 0 Å². The number of halogens is 1. The van der Waals surface area contributed by atoms with Gasteiger partial charge in [0.2, 0.25) is 5.91 Å². The van der Waals surface area contributed by atoms with E-state index in [4.69, 9.17) is 11.6 Å². The molecule has 1 aliphatic rings. The number of nitro groups is 1. The quantitative estimate of drug-likeness (QED) is 0.480. The van der Waals surface area contributed by atoms with E-state index in [2.05, 4.69) is 4.98 Å². The molecule has 0 atom stereocenters. The number of hydrogen-bond acceptors (Lipinski definition) is 5. The van der Waals surface area contributed by atoms with E-state index < -0.39 is 4.92 Å². The summed E-state index contributed by atoms with van der Waals surface area (Å²) in [5, 5.41) is 11.4. The highest BCUT2D eigenvalue weighted by molar-refractivity contribution is 8.00. The Morgan fingerprint density at radius 2 is 2.26 bits per heavy atom. The van der Waals surface area contributed by atoms with Gasteiger partial charge in [0.15, 0.2) is 0 Å². The number of anilines is 1. The van der Waals surface area contributed by atoms with Crippen LogP contribution in [0.15, 0.2) is 41.6 Å². The fraction of sp³-hybridized carbons (Fsp3) is 0.200. The Hall–Kier alpha value is -2.12.